The first-order valence-corrected chi connectivity index (χ1v) is 8.52. The fourth-order valence-corrected chi connectivity index (χ4v) is 2.57. The topological polar surface area (TPSA) is 46.1 Å². The SMILES string of the molecule is CN=C(NCCC(C)(C)C)N1CCC(OCCCOC)CC1.I. The van der Waals surface area contributed by atoms with Gasteiger partial charge in [-0.2, -0.15) is 0 Å². The zero-order valence-electron chi connectivity index (χ0n) is 15.6. The smallest absolute Gasteiger partial charge is 0.193 e. The van der Waals surface area contributed by atoms with Crippen LogP contribution in [0.15, 0.2) is 4.99 Å². The molecule has 0 atom stereocenters. The molecule has 0 aromatic carbocycles. The maximum Gasteiger partial charge on any atom is 0.193 e. The number of nitrogens with zero attached hydrogens (tertiary/aromatic N) is 2. The Bertz CT molecular complexity index is 324. The predicted molar refractivity (Wildman–Crippen MR) is 108 cm³/mol. The summed E-state index contributed by atoms with van der Waals surface area (Å²) in [5.41, 5.74) is 0.356. The van der Waals surface area contributed by atoms with E-state index in [0.29, 0.717) is 11.5 Å². The molecule has 23 heavy (non-hydrogen) atoms. The van der Waals surface area contributed by atoms with Crippen molar-refractivity contribution in [2.24, 2.45) is 10.4 Å². The average molecular weight is 441 g/mol. The van der Waals surface area contributed by atoms with E-state index in [0.717, 1.165) is 64.5 Å². The first-order valence-electron chi connectivity index (χ1n) is 8.52. The van der Waals surface area contributed by atoms with Crippen LogP contribution in [-0.4, -0.2) is 64.0 Å². The predicted octanol–water partition coefficient (Wildman–Crippen LogP) is 3.13. The Labute approximate surface area is 159 Å². The lowest BCUT2D eigenvalue weighted by molar-refractivity contribution is 0.00990. The second kappa shape index (κ2) is 12.3. The molecular weight excluding hydrogens is 405 g/mol. The van der Waals surface area contributed by atoms with Crippen molar-refractivity contribution in [1.29, 1.82) is 0 Å². The van der Waals surface area contributed by atoms with Crippen molar-refractivity contribution in [3.8, 4) is 0 Å². The van der Waals surface area contributed by atoms with Crippen LogP contribution >= 0.6 is 24.0 Å². The molecule has 0 aromatic rings. The van der Waals surface area contributed by atoms with E-state index in [4.69, 9.17) is 9.47 Å². The van der Waals surface area contributed by atoms with Crippen molar-refractivity contribution in [3.63, 3.8) is 0 Å². The summed E-state index contributed by atoms with van der Waals surface area (Å²) >= 11 is 0. The molecule has 0 spiro atoms. The Kier molecular flexibility index (Phi) is 12.3. The summed E-state index contributed by atoms with van der Waals surface area (Å²) in [4.78, 5) is 6.76. The molecule has 0 amide bonds. The maximum absolute atomic E-state index is 5.91. The number of ether oxygens (including phenoxy) is 2. The Hall–Kier alpha value is -0.0800. The molecule has 0 unspecified atom stereocenters. The lowest BCUT2D eigenvalue weighted by Crippen LogP contribution is -2.47. The largest absolute Gasteiger partial charge is 0.385 e. The van der Waals surface area contributed by atoms with E-state index in [1.54, 1.807) is 7.11 Å². The minimum Gasteiger partial charge on any atom is -0.385 e. The molecule has 1 fully saturated rings. The van der Waals surface area contributed by atoms with Gasteiger partial charge in [0.2, 0.25) is 0 Å². The molecule has 1 rings (SSSR count). The minimum absolute atomic E-state index is 0. The first kappa shape index (κ1) is 22.9. The summed E-state index contributed by atoms with van der Waals surface area (Å²) in [6.07, 6.45) is 4.67. The van der Waals surface area contributed by atoms with Crippen LogP contribution in [0.3, 0.4) is 0 Å². The van der Waals surface area contributed by atoms with Crippen molar-refractivity contribution in [3.05, 3.63) is 0 Å². The standard InChI is InChI=1S/C17H35N3O2.HI/c1-17(2,3)9-10-19-16(18-4)20-11-7-15(8-12-20)22-14-6-13-21-5;/h15H,6-14H2,1-5H3,(H,18,19);1H. The molecule has 0 aliphatic carbocycles. The van der Waals surface area contributed by atoms with Gasteiger partial charge in [0.25, 0.3) is 0 Å². The summed E-state index contributed by atoms with van der Waals surface area (Å²) < 4.78 is 10.9. The quantitative estimate of drug-likeness (QED) is 0.286. The normalized spacial score (nSPS) is 17.1. The second-order valence-electron chi connectivity index (χ2n) is 7.19. The van der Waals surface area contributed by atoms with Gasteiger partial charge in [-0.25, -0.2) is 0 Å². The summed E-state index contributed by atoms with van der Waals surface area (Å²) in [7, 11) is 3.60. The van der Waals surface area contributed by atoms with E-state index < -0.39 is 0 Å². The number of methoxy groups -OCH3 is 1. The van der Waals surface area contributed by atoms with Gasteiger partial charge < -0.3 is 19.7 Å². The highest BCUT2D eigenvalue weighted by molar-refractivity contribution is 14.0. The van der Waals surface area contributed by atoms with Gasteiger partial charge in [-0.1, -0.05) is 20.8 Å². The van der Waals surface area contributed by atoms with E-state index >= 15 is 0 Å². The van der Waals surface area contributed by atoms with E-state index in [2.05, 4.69) is 36.0 Å². The molecule has 0 aromatic heterocycles. The van der Waals surface area contributed by atoms with Gasteiger partial charge in [-0.15, -0.1) is 24.0 Å². The fourth-order valence-electron chi connectivity index (χ4n) is 2.57. The highest BCUT2D eigenvalue weighted by atomic mass is 127. The Morgan fingerprint density at radius 1 is 1.22 bits per heavy atom. The highest BCUT2D eigenvalue weighted by Crippen LogP contribution is 2.17. The molecular formula is C17H36IN3O2. The lowest BCUT2D eigenvalue weighted by atomic mass is 9.92. The van der Waals surface area contributed by atoms with Crippen LogP contribution in [0.1, 0.15) is 46.5 Å². The molecule has 1 N–H and O–H groups in total. The second-order valence-corrected chi connectivity index (χ2v) is 7.19. The maximum atomic E-state index is 5.91. The highest BCUT2D eigenvalue weighted by Gasteiger charge is 2.22. The van der Waals surface area contributed by atoms with Crippen molar-refractivity contribution >= 4 is 29.9 Å². The monoisotopic (exact) mass is 441 g/mol. The molecule has 1 heterocycles. The minimum atomic E-state index is 0. The van der Waals surface area contributed by atoms with Crippen LogP contribution in [-0.2, 0) is 9.47 Å². The van der Waals surface area contributed by atoms with Gasteiger partial charge in [-0.05, 0) is 31.1 Å². The van der Waals surface area contributed by atoms with E-state index in [9.17, 15) is 0 Å². The molecule has 1 aliphatic heterocycles. The van der Waals surface area contributed by atoms with Crippen LogP contribution in [0, 0.1) is 5.41 Å². The summed E-state index contributed by atoms with van der Waals surface area (Å²) in [5, 5.41) is 3.49. The molecule has 0 bridgehead atoms. The number of rotatable bonds is 7. The van der Waals surface area contributed by atoms with Crippen LogP contribution in [0.5, 0.6) is 0 Å². The molecule has 138 valence electrons. The number of piperidine rings is 1. The van der Waals surface area contributed by atoms with Gasteiger partial charge in [0.05, 0.1) is 6.10 Å². The van der Waals surface area contributed by atoms with Crippen LogP contribution < -0.4 is 5.32 Å². The van der Waals surface area contributed by atoms with Crippen LogP contribution in [0.25, 0.3) is 0 Å². The van der Waals surface area contributed by atoms with Crippen molar-refractivity contribution in [2.75, 3.05) is 47.0 Å². The molecule has 0 radical (unpaired) electrons. The lowest BCUT2D eigenvalue weighted by Gasteiger charge is -2.34. The number of hydrogen-bond acceptors (Lipinski definition) is 3. The molecule has 0 saturated carbocycles. The number of nitrogens with one attached hydrogen (secondary N) is 1. The van der Waals surface area contributed by atoms with E-state index in [-0.39, 0.29) is 24.0 Å². The number of guanidine groups is 1. The average Bonchev–Trinajstić information content (AvgIpc) is 2.48. The summed E-state index contributed by atoms with van der Waals surface area (Å²) in [5.74, 6) is 1.03. The van der Waals surface area contributed by atoms with Crippen LogP contribution in [0.2, 0.25) is 0 Å². The Morgan fingerprint density at radius 2 is 1.87 bits per heavy atom. The van der Waals surface area contributed by atoms with Gasteiger partial charge in [0.15, 0.2) is 5.96 Å². The van der Waals surface area contributed by atoms with Gasteiger partial charge in [0, 0.05) is 47.0 Å². The number of halogens is 1. The third-order valence-electron chi connectivity index (χ3n) is 3.96. The zero-order valence-corrected chi connectivity index (χ0v) is 17.9. The van der Waals surface area contributed by atoms with Gasteiger partial charge in [0.1, 0.15) is 0 Å². The summed E-state index contributed by atoms with van der Waals surface area (Å²) in [6.45, 7) is 11.4. The Balaban J connectivity index is 0.00000484. The number of hydrogen-bond donors (Lipinski definition) is 1. The van der Waals surface area contributed by atoms with Gasteiger partial charge >= 0.3 is 0 Å². The third kappa shape index (κ3) is 10.4. The first-order chi connectivity index (χ1) is 10.5. The van der Waals surface area contributed by atoms with Gasteiger partial charge in [-0.3, -0.25) is 4.99 Å². The molecule has 1 saturated heterocycles. The molecule has 1 aliphatic rings. The Morgan fingerprint density at radius 3 is 2.39 bits per heavy atom. The van der Waals surface area contributed by atoms with E-state index in [1.807, 2.05) is 7.05 Å². The van der Waals surface area contributed by atoms with E-state index in [1.165, 1.54) is 0 Å². The number of aliphatic imine (C=N–C) groups is 1. The zero-order chi connectivity index (χ0) is 16.4. The fraction of sp³-hybridized carbons (Fsp3) is 0.941. The van der Waals surface area contributed by atoms with Crippen LogP contribution in [0.4, 0.5) is 0 Å². The van der Waals surface area contributed by atoms with Crippen molar-refractivity contribution in [1.82, 2.24) is 10.2 Å². The van der Waals surface area contributed by atoms with Crippen molar-refractivity contribution in [2.45, 2.75) is 52.6 Å². The number of likely N-dealkylation sites (tertiary alicyclic amines) is 1. The third-order valence-corrected chi connectivity index (χ3v) is 3.96. The molecule has 5 nitrogen and oxygen atoms in total. The summed E-state index contributed by atoms with van der Waals surface area (Å²) in [6, 6.07) is 0. The van der Waals surface area contributed by atoms with Crippen molar-refractivity contribution < 1.29 is 9.47 Å². The molecule has 6 heteroatoms.